The van der Waals surface area contributed by atoms with E-state index < -0.39 is 19.7 Å². The Morgan fingerprint density at radius 2 is 1.54 bits per heavy atom. The van der Waals surface area contributed by atoms with E-state index in [4.69, 9.17) is 14.0 Å². The summed E-state index contributed by atoms with van der Waals surface area (Å²) < 4.78 is 29.0. The van der Waals surface area contributed by atoms with Crippen LogP contribution in [0.5, 0.6) is 5.75 Å². The fourth-order valence-electron chi connectivity index (χ4n) is 4.01. The maximum Gasteiger partial charge on any atom is 0.303 e. The maximum atomic E-state index is 12.2. The van der Waals surface area contributed by atoms with Gasteiger partial charge in [0.05, 0.1) is 40.5 Å². The van der Waals surface area contributed by atoms with Crippen molar-refractivity contribution in [1.29, 1.82) is 0 Å². The minimum atomic E-state index is -4.03. The molecule has 2 unspecified atom stereocenters. The zero-order valence-electron chi connectivity index (χ0n) is 24.0. The number of hydrogen-bond acceptors (Lipinski definition) is 6. The number of ether oxygens (including phenoxy) is 2. The van der Waals surface area contributed by atoms with Gasteiger partial charge in [0.1, 0.15) is 20.0 Å². The van der Waals surface area contributed by atoms with Crippen molar-refractivity contribution in [2.24, 2.45) is 0 Å². The van der Waals surface area contributed by atoms with Gasteiger partial charge in [-0.25, -0.2) is 0 Å². The molecule has 8 heteroatoms. The molecule has 214 valence electrons. The van der Waals surface area contributed by atoms with Gasteiger partial charge >= 0.3 is 5.97 Å². The first kappa shape index (κ1) is 33.6. The Labute approximate surface area is 226 Å². The summed E-state index contributed by atoms with van der Waals surface area (Å²) in [5, 5.41) is 0. The van der Waals surface area contributed by atoms with Crippen LogP contribution >= 0.6 is 7.60 Å². The molecule has 1 rings (SSSR count). The lowest BCUT2D eigenvalue weighted by Gasteiger charge is -2.30. The molecule has 2 atom stereocenters. The van der Waals surface area contributed by atoms with Gasteiger partial charge in [0.2, 0.25) is 0 Å². The molecule has 37 heavy (non-hydrogen) atoms. The van der Waals surface area contributed by atoms with Crippen molar-refractivity contribution in [2.45, 2.75) is 97.0 Å². The third kappa shape index (κ3) is 19.3. The van der Waals surface area contributed by atoms with Crippen LogP contribution in [0.1, 0.15) is 90.0 Å². The Balaban J connectivity index is 2.37. The van der Waals surface area contributed by atoms with Gasteiger partial charge in [-0.05, 0) is 30.5 Å². The highest BCUT2D eigenvalue weighted by atomic mass is 31.2. The average molecular weight is 542 g/mol. The number of rotatable bonds is 22. The molecule has 0 heterocycles. The van der Waals surface area contributed by atoms with E-state index in [0.717, 1.165) is 12.8 Å². The van der Waals surface area contributed by atoms with Gasteiger partial charge in [-0.1, -0.05) is 83.3 Å². The van der Waals surface area contributed by atoms with Gasteiger partial charge in [0.15, 0.2) is 6.10 Å². The number of unbranched alkanes of at least 4 members (excludes halogenated alkanes) is 10. The minimum absolute atomic E-state index is 0.0246. The van der Waals surface area contributed by atoms with Gasteiger partial charge in [0.25, 0.3) is 0 Å². The highest BCUT2D eigenvalue weighted by Gasteiger charge is 2.20. The number of nitrogens with zero attached hydrogens (tertiary/aromatic N) is 1. The van der Waals surface area contributed by atoms with Crippen LogP contribution in [0.15, 0.2) is 24.3 Å². The summed E-state index contributed by atoms with van der Waals surface area (Å²) in [6.45, 7) is 3.75. The molecule has 1 aromatic carbocycles. The Morgan fingerprint density at radius 1 is 0.946 bits per heavy atom. The van der Waals surface area contributed by atoms with Gasteiger partial charge in [-0.15, -0.1) is 0 Å². The first-order chi connectivity index (χ1) is 17.5. The number of hydrogen-bond donors (Lipinski definition) is 0. The first-order valence-corrected chi connectivity index (χ1v) is 15.9. The van der Waals surface area contributed by atoms with Crippen LogP contribution < -0.4 is 9.63 Å². The monoisotopic (exact) mass is 541 g/mol. The van der Waals surface area contributed by atoms with Crippen molar-refractivity contribution < 1.29 is 32.7 Å². The molecule has 0 N–H and O–H groups in total. The second-order valence-corrected chi connectivity index (χ2v) is 13.0. The zero-order chi connectivity index (χ0) is 27.6. The standard InChI is InChI=1S/C29H52NO6P/c1-6-7-8-9-10-11-12-13-14-15-16-18-27-19-17-20-28(23-27)34-24-29(36-26(2)31)25-35-37(32,33)22-21-30(3,4)5/h17,19-20,23,29H,6-16,18,21-22,24-25H2,1-5H3. The molecule has 0 bridgehead atoms. The summed E-state index contributed by atoms with van der Waals surface area (Å²) in [4.78, 5) is 23.7. The van der Waals surface area contributed by atoms with Crippen LogP contribution in [0, 0.1) is 0 Å². The van der Waals surface area contributed by atoms with E-state index in [1.54, 1.807) is 0 Å². The summed E-state index contributed by atoms with van der Waals surface area (Å²) >= 11 is 0. The van der Waals surface area contributed by atoms with E-state index in [-0.39, 0.29) is 19.4 Å². The van der Waals surface area contributed by atoms with Gasteiger partial charge in [0, 0.05) is 6.92 Å². The molecule has 0 aliphatic rings. The number of esters is 1. The van der Waals surface area contributed by atoms with Crippen LogP contribution in [0.3, 0.4) is 0 Å². The van der Waals surface area contributed by atoms with E-state index in [9.17, 15) is 14.3 Å². The van der Waals surface area contributed by atoms with Crippen LogP contribution in [-0.2, 0) is 25.0 Å². The summed E-state index contributed by atoms with van der Waals surface area (Å²) in [6, 6.07) is 7.91. The second-order valence-electron chi connectivity index (χ2n) is 11.1. The quantitative estimate of drug-likeness (QED) is 0.0760. The van der Waals surface area contributed by atoms with Crippen LogP contribution in [0.25, 0.3) is 0 Å². The van der Waals surface area contributed by atoms with E-state index in [0.29, 0.717) is 16.8 Å². The van der Waals surface area contributed by atoms with Crippen LogP contribution in [0.2, 0.25) is 0 Å². The Morgan fingerprint density at radius 3 is 2.11 bits per heavy atom. The maximum absolute atomic E-state index is 12.2. The predicted octanol–water partition coefficient (Wildman–Crippen LogP) is 6.13. The highest BCUT2D eigenvalue weighted by Crippen LogP contribution is 2.37. The topological polar surface area (TPSA) is 84.9 Å². The third-order valence-corrected chi connectivity index (χ3v) is 7.53. The predicted molar refractivity (Wildman–Crippen MR) is 149 cm³/mol. The minimum Gasteiger partial charge on any atom is -0.778 e. The number of quaternary nitrogens is 1. The fourth-order valence-corrected chi connectivity index (χ4v) is 5.38. The summed E-state index contributed by atoms with van der Waals surface area (Å²) in [5.74, 6) is 0.169. The highest BCUT2D eigenvalue weighted by molar-refractivity contribution is 7.51. The van der Waals surface area contributed by atoms with Gasteiger partial charge in [-0.2, -0.15) is 0 Å². The summed E-state index contributed by atoms with van der Waals surface area (Å²) in [5.41, 5.74) is 1.21. The second kappa shape index (κ2) is 18.8. The first-order valence-electron chi connectivity index (χ1n) is 14.1. The van der Waals surface area contributed by atoms with Crippen LogP contribution in [-0.4, -0.2) is 63.6 Å². The van der Waals surface area contributed by atoms with Crippen molar-refractivity contribution in [3.8, 4) is 5.75 Å². The average Bonchev–Trinajstić information content (AvgIpc) is 2.83. The molecule has 0 radical (unpaired) electrons. The normalized spacial score (nSPS) is 14.2. The molecule has 0 spiro atoms. The Bertz CT molecular complexity index is 795. The van der Waals surface area contributed by atoms with Crippen molar-refractivity contribution in [1.82, 2.24) is 0 Å². The molecule has 1 aromatic rings. The van der Waals surface area contributed by atoms with E-state index in [2.05, 4.69) is 13.0 Å². The summed E-state index contributed by atoms with van der Waals surface area (Å²) in [6.07, 6.45) is 14.6. The molecular formula is C29H52NO6P. The lowest BCUT2D eigenvalue weighted by Crippen LogP contribution is -2.38. The molecule has 0 saturated heterocycles. The van der Waals surface area contributed by atoms with E-state index in [1.807, 2.05) is 39.3 Å². The van der Waals surface area contributed by atoms with Gasteiger partial charge in [-0.3, -0.25) is 4.79 Å². The molecule has 0 aromatic heterocycles. The number of aryl methyl sites for hydroxylation is 1. The van der Waals surface area contributed by atoms with Crippen molar-refractivity contribution >= 4 is 13.6 Å². The lowest BCUT2D eigenvalue weighted by atomic mass is 10.0. The Hall–Kier alpha value is -1.40. The fraction of sp³-hybridized carbons (Fsp3) is 0.759. The number of carbonyl (C=O) groups excluding carboxylic acids is 1. The van der Waals surface area contributed by atoms with Crippen molar-refractivity contribution in [3.05, 3.63) is 29.8 Å². The zero-order valence-corrected chi connectivity index (χ0v) is 24.9. The van der Waals surface area contributed by atoms with Crippen LogP contribution in [0.4, 0.5) is 0 Å². The summed E-state index contributed by atoms with van der Waals surface area (Å²) in [7, 11) is 1.72. The molecule has 0 fully saturated rings. The number of benzene rings is 1. The Kier molecular flexibility index (Phi) is 17.1. The third-order valence-electron chi connectivity index (χ3n) is 6.24. The molecule has 0 aliphatic heterocycles. The SMILES string of the molecule is CCCCCCCCCCCCCc1cccc(OCC(COP(=O)([O-])CC[N+](C)(C)C)OC(C)=O)c1. The van der Waals surface area contributed by atoms with Crippen molar-refractivity contribution in [2.75, 3.05) is 47.1 Å². The van der Waals surface area contributed by atoms with E-state index >= 15 is 0 Å². The molecule has 7 nitrogen and oxygen atoms in total. The van der Waals surface area contributed by atoms with Gasteiger partial charge < -0.3 is 27.9 Å². The smallest absolute Gasteiger partial charge is 0.303 e. The molecule has 0 aliphatic carbocycles. The van der Waals surface area contributed by atoms with E-state index in [1.165, 1.54) is 76.7 Å². The molecule has 0 amide bonds. The molecular weight excluding hydrogens is 489 g/mol. The van der Waals surface area contributed by atoms with Crippen molar-refractivity contribution in [3.63, 3.8) is 0 Å². The number of carbonyl (C=O) groups is 1. The largest absolute Gasteiger partial charge is 0.778 e. The molecule has 0 saturated carbocycles. The lowest BCUT2D eigenvalue weighted by molar-refractivity contribution is -0.868.